The molecule has 0 bridgehead atoms. The van der Waals surface area contributed by atoms with Gasteiger partial charge in [-0.1, -0.05) is 24.5 Å². The maximum Gasteiger partial charge on any atom is 0.184 e. The topological polar surface area (TPSA) is 94.5 Å². The maximum atomic E-state index is 5.39. The van der Waals surface area contributed by atoms with Crippen LogP contribution in [0.4, 0.5) is 5.82 Å². The highest BCUT2D eigenvalue weighted by Gasteiger charge is 2.20. The zero-order valence-corrected chi connectivity index (χ0v) is 9.50. The van der Waals surface area contributed by atoms with E-state index in [9.17, 15) is 0 Å². The van der Waals surface area contributed by atoms with Crippen molar-refractivity contribution in [3.8, 4) is 0 Å². The summed E-state index contributed by atoms with van der Waals surface area (Å²) in [6.07, 6.45) is 7.59. The molecule has 1 aliphatic carbocycles. The third-order valence-electron chi connectivity index (χ3n) is 3.32. The smallest absolute Gasteiger partial charge is 0.184 e. The van der Waals surface area contributed by atoms with Crippen LogP contribution >= 0.6 is 0 Å². The summed E-state index contributed by atoms with van der Waals surface area (Å²) in [5.41, 5.74) is 3.92. The summed E-state index contributed by atoms with van der Waals surface area (Å²) in [4.78, 5) is 8.28. The number of hydrogen-bond acceptors (Lipinski definition) is 6. The van der Waals surface area contributed by atoms with Gasteiger partial charge in [-0.3, -0.25) is 0 Å². The monoisotopic (exact) mass is 233 g/mol. The summed E-state index contributed by atoms with van der Waals surface area (Å²) in [5.74, 6) is 5.91. The predicted octanol–water partition coefficient (Wildman–Crippen LogP) is 1.01. The number of nitrogens with one attached hydrogen (secondary N) is 1. The van der Waals surface area contributed by atoms with Crippen LogP contribution in [0.1, 0.15) is 38.1 Å². The van der Waals surface area contributed by atoms with Gasteiger partial charge in [0, 0.05) is 0 Å². The lowest BCUT2D eigenvalue weighted by Crippen LogP contribution is -2.15. The van der Waals surface area contributed by atoms with Crippen LogP contribution in [0.25, 0.3) is 11.2 Å². The molecule has 1 fully saturated rings. The van der Waals surface area contributed by atoms with Crippen molar-refractivity contribution < 1.29 is 0 Å². The van der Waals surface area contributed by atoms with E-state index in [2.05, 4.69) is 25.7 Å². The van der Waals surface area contributed by atoms with Crippen LogP contribution in [0.2, 0.25) is 0 Å². The van der Waals surface area contributed by atoms with Crippen molar-refractivity contribution in [2.75, 3.05) is 5.43 Å². The molecule has 3 N–H and O–H groups in total. The molecule has 0 radical (unpaired) electrons. The Labute approximate surface area is 98.4 Å². The van der Waals surface area contributed by atoms with E-state index in [0.717, 1.165) is 18.5 Å². The summed E-state index contributed by atoms with van der Waals surface area (Å²) in [5, 5.41) is 8.31. The number of hydrazine groups is 1. The minimum Gasteiger partial charge on any atom is -0.306 e. The number of hydrogen-bond donors (Lipinski definition) is 2. The fourth-order valence-electron chi connectivity index (χ4n) is 2.44. The standard InChI is InChI=1S/C10H15N7/c11-14-9-8-10(13-6-12-9)17(16-15-8)7-4-2-1-3-5-7/h6-7H,1-5,11H2,(H,12,13,14). The van der Waals surface area contributed by atoms with Crippen LogP contribution in [0.5, 0.6) is 0 Å². The molecule has 0 spiro atoms. The number of fused-ring (bicyclic) bond motifs is 1. The van der Waals surface area contributed by atoms with E-state index in [-0.39, 0.29) is 0 Å². The van der Waals surface area contributed by atoms with Crippen molar-refractivity contribution in [2.24, 2.45) is 5.84 Å². The van der Waals surface area contributed by atoms with E-state index in [0.29, 0.717) is 17.4 Å². The molecule has 90 valence electrons. The number of anilines is 1. The number of aromatic nitrogens is 5. The van der Waals surface area contributed by atoms with Gasteiger partial charge in [-0.15, -0.1) is 5.10 Å². The molecule has 2 heterocycles. The summed E-state index contributed by atoms with van der Waals surface area (Å²) < 4.78 is 1.91. The van der Waals surface area contributed by atoms with E-state index in [1.165, 1.54) is 25.6 Å². The first kappa shape index (κ1) is 10.4. The number of nitrogen functional groups attached to an aromatic ring is 1. The number of rotatable bonds is 2. The highest BCUT2D eigenvalue weighted by atomic mass is 15.5. The average molecular weight is 233 g/mol. The van der Waals surface area contributed by atoms with Crippen molar-refractivity contribution in [3.05, 3.63) is 6.33 Å². The first-order chi connectivity index (χ1) is 8.40. The molecule has 0 unspecified atom stereocenters. The van der Waals surface area contributed by atoms with Crippen molar-refractivity contribution in [1.82, 2.24) is 25.0 Å². The molecule has 0 aliphatic heterocycles. The lowest BCUT2D eigenvalue weighted by atomic mass is 9.96. The molecular formula is C10H15N7. The second-order valence-corrected chi connectivity index (χ2v) is 4.36. The normalized spacial score (nSPS) is 17.5. The first-order valence-electron chi connectivity index (χ1n) is 5.92. The molecule has 2 aromatic heterocycles. The molecule has 0 atom stereocenters. The van der Waals surface area contributed by atoms with Gasteiger partial charge < -0.3 is 5.43 Å². The van der Waals surface area contributed by atoms with Crippen molar-refractivity contribution in [2.45, 2.75) is 38.1 Å². The lowest BCUT2D eigenvalue weighted by molar-refractivity contribution is 0.330. The molecule has 3 rings (SSSR count). The van der Waals surface area contributed by atoms with Crippen molar-refractivity contribution in [3.63, 3.8) is 0 Å². The van der Waals surface area contributed by atoms with E-state index in [1.54, 1.807) is 0 Å². The second kappa shape index (κ2) is 4.25. The quantitative estimate of drug-likeness (QED) is 0.594. The van der Waals surface area contributed by atoms with Gasteiger partial charge in [0.05, 0.1) is 6.04 Å². The number of nitrogens with zero attached hydrogens (tertiary/aromatic N) is 5. The molecule has 1 saturated carbocycles. The van der Waals surface area contributed by atoms with Crippen LogP contribution < -0.4 is 11.3 Å². The van der Waals surface area contributed by atoms with Gasteiger partial charge in [0.2, 0.25) is 0 Å². The fourth-order valence-corrected chi connectivity index (χ4v) is 2.44. The summed E-state index contributed by atoms with van der Waals surface area (Å²) >= 11 is 0. The van der Waals surface area contributed by atoms with Crippen LogP contribution in [-0.2, 0) is 0 Å². The Hall–Kier alpha value is -1.76. The zero-order chi connectivity index (χ0) is 11.7. The SMILES string of the molecule is NNc1ncnc2c1nnn2C1CCCCC1. The highest BCUT2D eigenvalue weighted by molar-refractivity contribution is 5.81. The Morgan fingerprint density at radius 1 is 1.24 bits per heavy atom. The zero-order valence-electron chi connectivity index (χ0n) is 9.50. The van der Waals surface area contributed by atoms with Crippen LogP contribution in [0.3, 0.4) is 0 Å². The molecule has 17 heavy (non-hydrogen) atoms. The third-order valence-corrected chi connectivity index (χ3v) is 3.32. The largest absolute Gasteiger partial charge is 0.306 e. The van der Waals surface area contributed by atoms with Gasteiger partial charge in [0.15, 0.2) is 17.0 Å². The van der Waals surface area contributed by atoms with Crippen LogP contribution in [0.15, 0.2) is 6.33 Å². The number of nitrogens with two attached hydrogens (primary N) is 1. The van der Waals surface area contributed by atoms with Gasteiger partial charge >= 0.3 is 0 Å². The van der Waals surface area contributed by atoms with Crippen LogP contribution in [0, 0.1) is 0 Å². The van der Waals surface area contributed by atoms with Gasteiger partial charge in [-0.2, -0.15) is 0 Å². The molecule has 1 aliphatic rings. The summed E-state index contributed by atoms with van der Waals surface area (Å²) in [7, 11) is 0. The predicted molar refractivity (Wildman–Crippen MR) is 63.1 cm³/mol. The van der Waals surface area contributed by atoms with E-state index in [1.807, 2.05) is 4.68 Å². The lowest BCUT2D eigenvalue weighted by Gasteiger charge is -2.21. The van der Waals surface area contributed by atoms with Gasteiger partial charge in [-0.05, 0) is 12.8 Å². The molecule has 0 aromatic carbocycles. The summed E-state index contributed by atoms with van der Waals surface area (Å²) in [6, 6.07) is 0.411. The fraction of sp³-hybridized carbons (Fsp3) is 0.600. The van der Waals surface area contributed by atoms with Crippen molar-refractivity contribution >= 4 is 17.0 Å². The summed E-state index contributed by atoms with van der Waals surface area (Å²) in [6.45, 7) is 0. The Bertz CT molecular complexity index is 514. The Kier molecular flexibility index (Phi) is 2.60. The highest BCUT2D eigenvalue weighted by Crippen LogP contribution is 2.29. The molecule has 7 nitrogen and oxygen atoms in total. The Morgan fingerprint density at radius 2 is 2.06 bits per heavy atom. The van der Waals surface area contributed by atoms with Gasteiger partial charge in [0.25, 0.3) is 0 Å². The first-order valence-corrected chi connectivity index (χ1v) is 5.92. The maximum absolute atomic E-state index is 5.39. The Morgan fingerprint density at radius 3 is 2.82 bits per heavy atom. The molecular weight excluding hydrogens is 218 g/mol. The molecule has 0 saturated heterocycles. The van der Waals surface area contributed by atoms with Crippen LogP contribution in [-0.4, -0.2) is 25.0 Å². The minimum atomic E-state index is 0.411. The van der Waals surface area contributed by atoms with Gasteiger partial charge in [-0.25, -0.2) is 20.5 Å². The average Bonchev–Trinajstić information content (AvgIpc) is 2.83. The van der Waals surface area contributed by atoms with E-state index in [4.69, 9.17) is 5.84 Å². The molecule has 0 amide bonds. The minimum absolute atomic E-state index is 0.411. The molecule has 2 aromatic rings. The Balaban J connectivity index is 2.05. The third kappa shape index (κ3) is 1.72. The van der Waals surface area contributed by atoms with Gasteiger partial charge in [0.1, 0.15) is 6.33 Å². The van der Waals surface area contributed by atoms with E-state index < -0.39 is 0 Å². The van der Waals surface area contributed by atoms with E-state index >= 15 is 0 Å². The molecule has 7 heteroatoms. The van der Waals surface area contributed by atoms with Crippen molar-refractivity contribution in [1.29, 1.82) is 0 Å². The second-order valence-electron chi connectivity index (χ2n) is 4.36.